The fraction of sp³-hybridized carbons (Fsp3) is 0.830. The highest BCUT2D eigenvalue weighted by atomic mass is 32.2. The first-order chi connectivity index (χ1) is 34.0. The molecule has 1 aromatic carbocycles. The number of hydrogen-bond donors (Lipinski definition) is 5. The number of nitrogens with zero attached hydrogens (tertiary/aromatic N) is 5. The Labute approximate surface area is 434 Å². The van der Waals surface area contributed by atoms with Gasteiger partial charge in [-0.05, 0) is 117 Å². The Morgan fingerprint density at radius 3 is 2.25 bits per heavy atom. The molecule has 1 unspecified atom stereocenters. The molecule has 3 saturated heterocycles. The van der Waals surface area contributed by atoms with Gasteiger partial charge in [0.1, 0.15) is 36.7 Å². The van der Waals surface area contributed by atoms with Crippen molar-refractivity contribution >= 4 is 15.8 Å². The summed E-state index contributed by atoms with van der Waals surface area (Å²) in [5.74, 6) is -3.24. The molecule has 3 aliphatic rings. The first-order valence-corrected chi connectivity index (χ1v) is 28.1. The SMILES string of the molecule is CCCS(=O)(=O)c1ccc(C[C@@H](CF)n2cc(CCN(C)[C@H]3C[C@@H](C)O[C@@H](O[C@@H]4[C@@H](C)C([C@H]5C[C@@](C)(OC)[C@@H](O)[C@H](C)O5)[C@@H](C)C(=O)O[C@H](CC)[C@@](C)(O)[C@H](O)[C@@H](C)N(C)C[C@H](C)C[C@@]4(C)O)[C@@H]3O)nn2)cc1. The van der Waals surface area contributed by atoms with E-state index in [1.165, 1.54) is 18.7 Å². The number of aliphatic hydroxyl groups is 5. The van der Waals surface area contributed by atoms with Crippen molar-refractivity contribution in [2.45, 2.75) is 216 Å². The third-order valence-corrected chi connectivity index (χ3v) is 18.5. The lowest BCUT2D eigenvalue weighted by Gasteiger charge is -2.51. The van der Waals surface area contributed by atoms with Crippen molar-refractivity contribution in [2.75, 3.05) is 46.7 Å². The lowest BCUT2D eigenvalue weighted by molar-refractivity contribution is -0.302. The Bertz CT molecular complexity index is 2170. The van der Waals surface area contributed by atoms with Crippen LogP contribution < -0.4 is 0 Å². The van der Waals surface area contributed by atoms with Gasteiger partial charge in [-0.25, -0.2) is 17.5 Å². The molecule has 1 aromatic heterocycles. The number of rotatable bonds is 16. The van der Waals surface area contributed by atoms with Crippen molar-refractivity contribution in [2.24, 2.45) is 23.7 Å². The first kappa shape index (κ1) is 61.1. The summed E-state index contributed by atoms with van der Waals surface area (Å²) in [5, 5.41) is 68.7. The predicted octanol–water partition coefficient (Wildman–Crippen LogP) is 4.32. The number of ether oxygens (including phenoxy) is 5. The van der Waals surface area contributed by atoms with Crippen LogP contribution in [0, 0.1) is 23.7 Å². The van der Waals surface area contributed by atoms with E-state index < -0.39 is 130 Å². The molecule has 19 atom stereocenters. The maximum absolute atomic E-state index is 14.6. The summed E-state index contributed by atoms with van der Waals surface area (Å²) in [7, 11) is 1.85. The van der Waals surface area contributed by atoms with E-state index in [2.05, 4.69) is 10.3 Å². The van der Waals surface area contributed by atoms with E-state index in [0.717, 1.165) is 5.56 Å². The van der Waals surface area contributed by atoms with E-state index in [1.54, 1.807) is 72.0 Å². The highest BCUT2D eigenvalue weighted by molar-refractivity contribution is 7.91. The second-order valence-corrected chi connectivity index (χ2v) is 24.8. The Morgan fingerprint density at radius 1 is 0.986 bits per heavy atom. The number of carbonyl (C=O) groups excluding carboxylic acids is 1. The fourth-order valence-electron chi connectivity index (χ4n) is 12.0. The minimum Gasteiger partial charge on any atom is -0.459 e. The van der Waals surface area contributed by atoms with E-state index in [4.69, 9.17) is 23.7 Å². The van der Waals surface area contributed by atoms with Crippen LogP contribution in [0.5, 0.6) is 0 Å². The number of benzene rings is 1. The van der Waals surface area contributed by atoms with Crippen molar-refractivity contribution in [1.82, 2.24) is 24.8 Å². The van der Waals surface area contributed by atoms with Crippen LogP contribution in [0.25, 0.3) is 0 Å². The Balaban J connectivity index is 1.43. The molecule has 418 valence electrons. The van der Waals surface area contributed by atoms with Crippen molar-refractivity contribution in [3.63, 3.8) is 0 Å². The Kier molecular flexibility index (Phi) is 21.1. The van der Waals surface area contributed by atoms with Crippen molar-refractivity contribution < 1.29 is 66.8 Å². The molecule has 2 aromatic rings. The fourth-order valence-corrected chi connectivity index (χ4v) is 13.3. The molecule has 73 heavy (non-hydrogen) atoms. The molecule has 4 heterocycles. The quantitative estimate of drug-likeness (QED) is 0.147. The molecule has 0 amide bonds. The maximum atomic E-state index is 14.6. The van der Waals surface area contributed by atoms with Gasteiger partial charge >= 0.3 is 5.97 Å². The van der Waals surface area contributed by atoms with Crippen molar-refractivity contribution in [3.05, 3.63) is 41.7 Å². The minimum absolute atomic E-state index is 0.0536. The maximum Gasteiger partial charge on any atom is 0.309 e. The number of cyclic esters (lactones) is 1. The van der Waals surface area contributed by atoms with E-state index in [-0.39, 0.29) is 42.2 Å². The lowest BCUT2D eigenvalue weighted by atomic mass is 9.68. The molecular formula is C53H90FN5O13S. The monoisotopic (exact) mass is 1060 g/mol. The van der Waals surface area contributed by atoms with Gasteiger partial charge in [0.25, 0.3) is 0 Å². The standard InChI is InChI=1S/C53H90FN5O13S/c1-15-23-73(66,67)40-19-17-37(18-20-40)25-39(28-54)59-30-38(55-56-59)21-22-57(12)41-24-32(4)69-50(45(41)60)72-48-33(5)44(42-27-52(10,68-14)47(62)36(8)70-42)34(6)49(63)71-43(16-2)53(11,65)46(61)35(7)58(13)29-31(3)26-51(48,9)64/h17-20,30-36,39,41-48,50,60-62,64-65H,15-16,21-29H2,1-14H3/t31-,32-,33+,34-,35-,36+,39+,41+,42-,43-,44?,45-,46-,47+,48-,50+,51-,52-,53-/m1/s1. The predicted molar refractivity (Wildman–Crippen MR) is 273 cm³/mol. The minimum atomic E-state index is -3.38. The van der Waals surface area contributed by atoms with Gasteiger partial charge in [-0.15, -0.1) is 5.10 Å². The van der Waals surface area contributed by atoms with Crippen LogP contribution in [0.3, 0.4) is 0 Å². The van der Waals surface area contributed by atoms with Crippen LogP contribution in [-0.2, 0) is 51.2 Å². The van der Waals surface area contributed by atoms with Crippen molar-refractivity contribution in [1.29, 1.82) is 0 Å². The molecule has 0 spiro atoms. The third kappa shape index (κ3) is 14.3. The normalized spacial score (nSPS) is 39.4. The van der Waals surface area contributed by atoms with Crippen molar-refractivity contribution in [3.8, 4) is 0 Å². The van der Waals surface area contributed by atoms with E-state index >= 15 is 0 Å². The molecule has 5 rings (SSSR count). The molecular weight excluding hydrogens is 966 g/mol. The molecule has 18 nitrogen and oxygen atoms in total. The first-order valence-electron chi connectivity index (χ1n) is 26.4. The summed E-state index contributed by atoms with van der Waals surface area (Å²) in [4.78, 5) is 18.8. The van der Waals surface area contributed by atoms with E-state index in [0.29, 0.717) is 38.0 Å². The number of alkyl halides is 1. The molecule has 5 N–H and O–H groups in total. The molecule has 0 bridgehead atoms. The van der Waals surface area contributed by atoms with E-state index in [9.17, 15) is 43.1 Å². The van der Waals surface area contributed by atoms with Gasteiger partial charge in [-0.2, -0.15) is 0 Å². The van der Waals surface area contributed by atoms with Crippen LogP contribution in [0.15, 0.2) is 35.4 Å². The molecule has 0 aliphatic carbocycles. The van der Waals surface area contributed by atoms with Crippen LogP contribution in [0.4, 0.5) is 4.39 Å². The van der Waals surface area contributed by atoms with Gasteiger partial charge in [-0.1, -0.05) is 52.0 Å². The Morgan fingerprint density at radius 2 is 1.64 bits per heavy atom. The molecule has 0 saturated carbocycles. The van der Waals surface area contributed by atoms with Gasteiger partial charge in [0, 0.05) is 57.2 Å². The summed E-state index contributed by atoms with van der Waals surface area (Å²) >= 11 is 0. The van der Waals surface area contributed by atoms with Gasteiger partial charge in [0.15, 0.2) is 16.1 Å². The molecule has 0 radical (unpaired) electrons. The second-order valence-electron chi connectivity index (χ2n) is 22.7. The Hall–Kier alpha value is -2.73. The largest absolute Gasteiger partial charge is 0.459 e. The number of aliphatic hydroxyl groups excluding tert-OH is 3. The van der Waals surface area contributed by atoms with Crippen LogP contribution >= 0.6 is 0 Å². The van der Waals surface area contributed by atoms with Crippen LogP contribution in [-0.4, -0.2) is 195 Å². The number of carbonyl (C=O) groups is 1. The topological polar surface area (TPSA) is 236 Å². The average molecular weight is 1060 g/mol. The van der Waals surface area contributed by atoms with Gasteiger partial charge in [0.05, 0.1) is 63.9 Å². The summed E-state index contributed by atoms with van der Waals surface area (Å²) in [6, 6.07) is 4.79. The second kappa shape index (κ2) is 25.2. The summed E-state index contributed by atoms with van der Waals surface area (Å²) < 4.78 is 73.2. The zero-order valence-electron chi connectivity index (χ0n) is 45.9. The smallest absolute Gasteiger partial charge is 0.309 e. The number of methoxy groups -OCH3 is 1. The zero-order chi connectivity index (χ0) is 54.5. The zero-order valence-corrected chi connectivity index (χ0v) is 46.7. The highest BCUT2D eigenvalue weighted by Crippen LogP contribution is 2.45. The number of hydrogen-bond acceptors (Lipinski definition) is 17. The summed E-state index contributed by atoms with van der Waals surface area (Å²) in [6.45, 7) is 19.7. The summed E-state index contributed by atoms with van der Waals surface area (Å²) in [6.07, 6.45) is -4.91. The molecule has 3 fully saturated rings. The van der Waals surface area contributed by atoms with Crippen LogP contribution in [0.2, 0.25) is 0 Å². The summed E-state index contributed by atoms with van der Waals surface area (Å²) in [5.41, 5.74) is -3.16. The van der Waals surface area contributed by atoms with Gasteiger partial charge < -0.3 is 59.0 Å². The third-order valence-electron chi connectivity index (χ3n) is 16.5. The van der Waals surface area contributed by atoms with Gasteiger partial charge in [0.2, 0.25) is 0 Å². The van der Waals surface area contributed by atoms with E-state index in [1.807, 2.05) is 51.6 Å². The van der Waals surface area contributed by atoms with Crippen LogP contribution in [0.1, 0.15) is 126 Å². The number of aromatic nitrogens is 3. The molecule has 3 aliphatic heterocycles. The number of halogens is 1. The number of likely N-dealkylation sites (N-methyl/N-ethyl adjacent to an activating group) is 2. The average Bonchev–Trinajstić information content (AvgIpc) is 3.81. The molecule has 20 heteroatoms. The number of esters is 1. The lowest BCUT2D eigenvalue weighted by Crippen LogP contribution is -2.62. The van der Waals surface area contributed by atoms with Gasteiger partial charge in [-0.3, -0.25) is 4.79 Å². The number of sulfone groups is 1. The highest BCUT2D eigenvalue weighted by Gasteiger charge is 2.55.